The maximum Gasteiger partial charge on any atom is 0.326 e. The minimum Gasteiger partial charge on any atom is -0.480 e. The predicted octanol–water partition coefficient (Wildman–Crippen LogP) is -0.975. The first-order valence-corrected chi connectivity index (χ1v) is 7.61. The lowest BCUT2D eigenvalue weighted by Gasteiger charge is -2.34. The number of amides is 2. The quantitative estimate of drug-likeness (QED) is 0.425. The van der Waals surface area contributed by atoms with Gasteiger partial charge in [0, 0.05) is 6.54 Å². The van der Waals surface area contributed by atoms with Crippen LogP contribution in [0.4, 0.5) is 0 Å². The van der Waals surface area contributed by atoms with Crippen molar-refractivity contribution in [3.8, 4) is 0 Å². The fourth-order valence-corrected chi connectivity index (χ4v) is 2.77. The number of aliphatic carboxylic acids is 1. The third kappa shape index (κ3) is 4.17. The van der Waals surface area contributed by atoms with Crippen molar-refractivity contribution in [2.45, 2.75) is 50.6 Å². The third-order valence-electron chi connectivity index (χ3n) is 4.16. The van der Waals surface area contributed by atoms with Crippen LogP contribution in [0.2, 0.25) is 0 Å². The fourth-order valence-electron chi connectivity index (χ4n) is 2.77. The van der Waals surface area contributed by atoms with E-state index in [-0.39, 0.29) is 12.5 Å². The minimum atomic E-state index is -1.08. The van der Waals surface area contributed by atoms with Crippen molar-refractivity contribution in [1.82, 2.24) is 10.2 Å². The summed E-state index contributed by atoms with van der Waals surface area (Å²) in [6.07, 6.45) is 2.84. The average Bonchev–Trinajstić information content (AvgIpc) is 2.88. The number of carbonyl (C=O) groups is 3. The van der Waals surface area contributed by atoms with Crippen molar-refractivity contribution >= 4 is 17.8 Å². The van der Waals surface area contributed by atoms with Gasteiger partial charge in [-0.05, 0) is 45.6 Å². The van der Waals surface area contributed by atoms with Gasteiger partial charge in [-0.3, -0.25) is 9.59 Å². The molecule has 2 amide bonds. The van der Waals surface area contributed by atoms with Crippen LogP contribution in [0, 0.1) is 0 Å². The first kappa shape index (κ1) is 18.4. The topological polar surface area (TPSA) is 139 Å². The van der Waals surface area contributed by atoms with Crippen LogP contribution in [0.15, 0.2) is 0 Å². The second kappa shape index (κ2) is 8.09. The van der Waals surface area contributed by atoms with Gasteiger partial charge in [0.15, 0.2) is 0 Å². The van der Waals surface area contributed by atoms with Gasteiger partial charge in [0.2, 0.25) is 11.8 Å². The summed E-state index contributed by atoms with van der Waals surface area (Å²) in [7, 11) is 0. The molecule has 1 saturated heterocycles. The Morgan fingerprint density at radius 3 is 2.55 bits per heavy atom. The molecule has 0 unspecified atom stereocenters. The molecule has 126 valence electrons. The number of nitrogens with zero attached hydrogens (tertiary/aromatic N) is 1. The summed E-state index contributed by atoms with van der Waals surface area (Å²) in [5.74, 6) is -1.82. The molecule has 8 heteroatoms. The second-order valence-electron chi connectivity index (χ2n) is 5.78. The molecular weight excluding hydrogens is 288 g/mol. The fraction of sp³-hybridized carbons (Fsp3) is 0.786. The van der Waals surface area contributed by atoms with E-state index in [4.69, 9.17) is 11.5 Å². The maximum atomic E-state index is 12.5. The Bertz CT molecular complexity index is 429. The summed E-state index contributed by atoms with van der Waals surface area (Å²) in [4.78, 5) is 37.1. The molecule has 0 bridgehead atoms. The van der Waals surface area contributed by atoms with Crippen molar-refractivity contribution < 1.29 is 19.5 Å². The van der Waals surface area contributed by atoms with Gasteiger partial charge < -0.3 is 26.8 Å². The number of nitrogens with two attached hydrogens (primary N) is 2. The molecule has 0 aromatic heterocycles. The zero-order valence-electron chi connectivity index (χ0n) is 13.0. The molecule has 0 spiro atoms. The van der Waals surface area contributed by atoms with Crippen LogP contribution in [0.1, 0.15) is 39.0 Å². The zero-order chi connectivity index (χ0) is 16.8. The van der Waals surface area contributed by atoms with E-state index in [2.05, 4.69) is 5.32 Å². The SMILES string of the molecule is C[C@@]1(C(=O)N[C@@H](CCCCN)C(=O)O)CCCN1C(=O)CN. The van der Waals surface area contributed by atoms with Gasteiger partial charge >= 0.3 is 5.97 Å². The van der Waals surface area contributed by atoms with Crippen LogP contribution in [-0.2, 0) is 14.4 Å². The molecule has 6 N–H and O–H groups in total. The lowest BCUT2D eigenvalue weighted by molar-refractivity contribution is -0.147. The van der Waals surface area contributed by atoms with Gasteiger partial charge in [0.05, 0.1) is 6.54 Å². The van der Waals surface area contributed by atoms with Crippen LogP contribution in [0.5, 0.6) is 0 Å². The maximum absolute atomic E-state index is 12.5. The van der Waals surface area contributed by atoms with E-state index in [0.29, 0.717) is 45.2 Å². The number of hydrogen-bond donors (Lipinski definition) is 4. The minimum absolute atomic E-state index is 0.165. The molecule has 1 aliphatic rings. The summed E-state index contributed by atoms with van der Waals surface area (Å²) >= 11 is 0. The van der Waals surface area contributed by atoms with Crippen LogP contribution < -0.4 is 16.8 Å². The lowest BCUT2D eigenvalue weighted by Crippen LogP contribution is -2.59. The highest BCUT2D eigenvalue weighted by Gasteiger charge is 2.46. The molecule has 8 nitrogen and oxygen atoms in total. The number of carboxylic acid groups (broad SMARTS) is 1. The van der Waals surface area contributed by atoms with Crippen LogP contribution in [0.25, 0.3) is 0 Å². The summed E-state index contributed by atoms with van der Waals surface area (Å²) in [5.41, 5.74) is 9.73. The summed E-state index contributed by atoms with van der Waals surface area (Å²) in [6.45, 7) is 2.44. The highest BCUT2D eigenvalue weighted by molar-refractivity contribution is 5.94. The number of rotatable bonds is 8. The molecule has 1 heterocycles. The Morgan fingerprint density at radius 2 is 2.00 bits per heavy atom. The van der Waals surface area contributed by atoms with Crippen LogP contribution in [-0.4, -0.2) is 59.0 Å². The van der Waals surface area contributed by atoms with Crippen molar-refractivity contribution in [1.29, 1.82) is 0 Å². The van der Waals surface area contributed by atoms with Gasteiger partial charge in [0.1, 0.15) is 11.6 Å². The molecule has 1 fully saturated rings. The summed E-state index contributed by atoms with van der Waals surface area (Å²) in [5, 5.41) is 11.8. The number of carbonyl (C=O) groups excluding carboxylic acids is 2. The summed E-state index contributed by atoms with van der Waals surface area (Å²) < 4.78 is 0. The molecule has 0 saturated carbocycles. The highest BCUT2D eigenvalue weighted by atomic mass is 16.4. The Balaban J connectivity index is 2.75. The number of hydrogen-bond acceptors (Lipinski definition) is 5. The molecule has 1 rings (SSSR count). The molecule has 2 atom stereocenters. The van der Waals surface area contributed by atoms with E-state index in [1.54, 1.807) is 6.92 Å². The van der Waals surface area contributed by atoms with Crippen molar-refractivity contribution in [2.75, 3.05) is 19.6 Å². The van der Waals surface area contributed by atoms with E-state index < -0.39 is 23.5 Å². The van der Waals surface area contributed by atoms with Crippen LogP contribution in [0.3, 0.4) is 0 Å². The van der Waals surface area contributed by atoms with Gasteiger partial charge in [-0.1, -0.05) is 0 Å². The molecule has 1 aliphatic heterocycles. The third-order valence-corrected chi connectivity index (χ3v) is 4.16. The van der Waals surface area contributed by atoms with Gasteiger partial charge in [0.25, 0.3) is 0 Å². The van der Waals surface area contributed by atoms with Gasteiger partial charge in [-0.2, -0.15) is 0 Å². The van der Waals surface area contributed by atoms with Gasteiger partial charge in [-0.25, -0.2) is 4.79 Å². The Kier molecular flexibility index (Phi) is 6.76. The van der Waals surface area contributed by atoms with E-state index in [1.807, 2.05) is 0 Å². The first-order chi connectivity index (χ1) is 10.4. The molecule has 0 aliphatic carbocycles. The Labute approximate surface area is 130 Å². The molecule has 0 radical (unpaired) electrons. The first-order valence-electron chi connectivity index (χ1n) is 7.61. The van der Waals surface area contributed by atoms with E-state index in [0.717, 1.165) is 0 Å². The molecular formula is C14H26N4O4. The van der Waals surface area contributed by atoms with Crippen molar-refractivity contribution in [3.05, 3.63) is 0 Å². The molecule has 22 heavy (non-hydrogen) atoms. The summed E-state index contributed by atoms with van der Waals surface area (Å²) in [6, 6.07) is -0.966. The number of nitrogens with one attached hydrogen (secondary N) is 1. The Morgan fingerprint density at radius 1 is 1.32 bits per heavy atom. The number of likely N-dealkylation sites (tertiary alicyclic amines) is 1. The second-order valence-corrected chi connectivity index (χ2v) is 5.78. The molecule has 0 aromatic rings. The normalized spacial score (nSPS) is 22.4. The lowest BCUT2D eigenvalue weighted by atomic mass is 9.96. The largest absolute Gasteiger partial charge is 0.480 e. The average molecular weight is 314 g/mol. The van der Waals surface area contributed by atoms with E-state index in [1.165, 1.54) is 4.90 Å². The van der Waals surface area contributed by atoms with Gasteiger partial charge in [-0.15, -0.1) is 0 Å². The molecule has 0 aromatic carbocycles. The highest BCUT2D eigenvalue weighted by Crippen LogP contribution is 2.29. The monoisotopic (exact) mass is 314 g/mol. The van der Waals surface area contributed by atoms with E-state index in [9.17, 15) is 19.5 Å². The Hall–Kier alpha value is -1.67. The van der Waals surface area contributed by atoms with Crippen molar-refractivity contribution in [3.63, 3.8) is 0 Å². The van der Waals surface area contributed by atoms with Crippen LogP contribution >= 0.6 is 0 Å². The standard InChI is InChI=1S/C14H26N4O4/c1-14(6-4-8-18(14)11(19)9-16)13(22)17-10(12(20)21)5-2-3-7-15/h10H,2-9,15-16H2,1H3,(H,17,22)(H,20,21)/t10-,14-/m0/s1. The zero-order valence-corrected chi connectivity index (χ0v) is 13.0. The predicted molar refractivity (Wildman–Crippen MR) is 80.9 cm³/mol. The number of carboxylic acids is 1. The van der Waals surface area contributed by atoms with Crippen molar-refractivity contribution in [2.24, 2.45) is 11.5 Å². The number of unbranched alkanes of at least 4 members (excludes halogenated alkanes) is 1. The smallest absolute Gasteiger partial charge is 0.326 e. The van der Waals surface area contributed by atoms with E-state index >= 15 is 0 Å².